The van der Waals surface area contributed by atoms with Gasteiger partial charge in [0.2, 0.25) is 0 Å². The van der Waals surface area contributed by atoms with Gasteiger partial charge in [-0.05, 0) is 56.8 Å². The van der Waals surface area contributed by atoms with E-state index < -0.39 is 0 Å². The normalized spacial score (nSPS) is 16.7. The number of hydrogen-bond donors (Lipinski definition) is 1. The summed E-state index contributed by atoms with van der Waals surface area (Å²) in [4.78, 5) is 7.28. The second-order valence-corrected chi connectivity index (χ2v) is 6.67. The quantitative estimate of drug-likeness (QED) is 0.853. The zero-order chi connectivity index (χ0) is 15.9. The van der Waals surface area contributed by atoms with Crippen molar-refractivity contribution in [3.05, 3.63) is 47.5 Å². The maximum Gasteiger partial charge on any atom is 0.151 e. The number of hydrogen-bond acceptors (Lipinski definition) is 3. The summed E-state index contributed by atoms with van der Waals surface area (Å²) in [5, 5.41) is 7.55. The molecule has 3 rings (SSSR count). The second kappa shape index (κ2) is 8.25. The van der Waals surface area contributed by atoms with Crippen molar-refractivity contribution < 1.29 is 0 Å². The fourth-order valence-electron chi connectivity index (χ4n) is 3.44. The largest absolute Gasteiger partial charge is 0.303 e. The molecule has 1 fully saturated rings. The van der Waals surface area contributed by atoms with Crippen LogP contribution in [0.5, 0.6) is 0 Å². The monoisotopic (exact) mass is 312 g/mol. The Morgan fingerprint density at radius 1 is 1.13 bits per heavy atom. The third kappa shape index (κ3) is 4.90. The van der Waals surface area contributed by atoms with Gasteiger partial charge in [-0.1, -0.05) is 37.3 Å². The van der Waals surface area contributed by atoms with Crippen LogP contribution in [0.3, 0.4) is 0 Å². The van der Waals surface area contributed by atoms with E-state index in [4.69, 9.17) is 4.98 Å². The number of benzene rings is 1. The minimum atomic E-state index is 0.762. The molecule has 1 aliphatic heterocycles. The molecule has 0 spiro atoms. The minimum absolute atomic E-state index is 0.762. The minimum Gasteiger partial charge on any atom is -0.303 e. The molecule has 1 aromatic heterocycles. The number of aromatic nitrogens is 3. The molecular weight excluding hydrogens is 284 g/mol. The SMILES string of the molecule is CCCN1CCC(Cc2nc(CCc3ccccc3)n[nH]2)CC1. The number of likely N-dealkylation sites (tertiary alicyclic amines) is 1. The zero-order valence-electron chi connectivity index (χ0n) is 14.2. The van der Waals surface area contributed by atoms with Crippen molar-refractivity contribution in [3.63, 3.8) is 0 Å². The van der Waals surface area contributed by atoms with Gasteiger partial charge in [0, 0.05) is 12.8 Å². The summed E-state index contributed by atoms with van der Waals surface area (Å²) in [6, 6.07) is 10.6. The first-order valence-electron chi connectivity index (χ1n) is 9.00. The highest BCUT2D eigenvalue weighted by Gasteiger charge is 2.20. The molecule has 0 unspecified atom stereocenters. The maximum atomic E-state index is 4.69. The van der Waals surface area contributed by atoms with Gasteiger partial charge in [0.1, 0.15) is 5.82 Å². The Hall–Kier alpha value is -1.68. The lowest BCUT2D eigenvalue weighted by Crippen LogP contribution is -2.34. The van der Waals surface area contributed by atoms with E-state index in [0.717, 1.165) is 36.8 Å². The Bertz CT molecular complexity index is 570. The fraction of sp³-hybridized carbons (Fsp3) is 0.579. The summed E-state index contributed by atoms with van der Waals surface area (Å²) in [6.45, 7) is 6.00. The molecule has 0 radical (unpaired) electrons. The average molecular weight is 312 g/mol. The first-order chi connectivity index (χ1) is 11.3. The molecule has 124 valence electrons. The lowest BCUT2D eigenvalue weighted by Gasteiger charge is -2.31. The van der Waals surface area contributed by atoms with E-state index in [1.165, 1.54) is 44.5 Å². The molecule has 1 saturated heterocycles. The Morgan fingerprint density at radius 2 is 1.91 bits per heavy atom. The lowest BCUT2D eigenvalue weighted by atomic mass is 9.93. The van der Waals surface area contributed by atoms with Crippen LogP contribution in [0, 0.1) is 5.92 Å². The van der Waals surface area contributed by atoms with Crippen LogP contribution in [-0.2, 0) is 19.3 Å². The van der Waals surface area contributed by atoms with Gasteiger partial charge in [0.25, 0.3) is 0 Å². The van der Waals surface area contributed by atoms with E-state index in [1.807, 2.05) is 0 Å². The van der Waals surface area contributed by atoms with Crippen LogP contribution in [0.1, 0.15) is 43.4 Å². The van der Waals surface area contributed by atoms with Gasteiger partial charge < -0.3 is 4.90 Å². The first-order valence-corrected chi connectivity index (χ1v) is 9.00. The van der Waals surface area contributed by atoms with Crippen LogP contribution < -0.4 is 0 Å². The van der Waals surface area contributed by atoms with Crippen molar-refractivity contribution in [2.45, 2.75) is 45.4 Å². The third-order valence-electron chi connectivity index (χ3n) is 4.79. The molecular formula is C19H28N4. The van der Waals surface area contributed by atoms with Crippen LogP contribution in [-0.4, -0.2) is 39.7 Å². The number of piperidine rings is 1. The summed E-state index contributed by atoms with van der Waals surface area (Å²) in [5.74, 6) is 2.78. The van der Waals surface area contributed by atoms with Gasteiger partial charge in [0.05, 0.1) is 0 Å². The smallest absolute Gasteiger partial charge is 0.151 e. The van der Waals surface area contributed by atoms with Crippen molar-refractivity contribution >= 4 is 0 Å². The average Bonchev–Trinajstić information content (AvgIpc) is 3.03. The molecule has 0 saturated carbocycles. The molecule has 2 aromatic rings. The van der Waals surface area contributed by atoms with Crippen molar-refractivity contribution in [2.75, 3.05) is 19.6 Å². The number of rotatable bonds is 7. The summed E-state index contributed by atoms with van der Waals surface area (Å²) in [7, 11) is 0. The molecule has 1 aromatic carbocycles. The van der Waals surface area contributed by atoms with Gasteiger partial charge >= 0.3 is 0 Å². The first kappa shape index (κ1) is 16.2. The van der Waals surface area contributed by atoms with Crippen molar-refractivity contribution in [3.8, 4) is 0 Å². The molecule has 0 amide bonds. The van der Waals surface area contributed by atoms with E-state index in [-0.39, 0.29) is 0 Å². The van der Waals surface area contributed by atoms with E-state index in [1.54, 1.807) is 0 Å². The number of nitrogens with zero attached hydrogens (tertiary/aromatic N) is 3. The Kier molecular flexibility index (Phi) is 5.81. The summed E-state index contributed by atoms with van der Waals surface area (Å²) in [5.41, 5.74) is 1.35. The highest BCUT2D eigenvalue weighted by atomic mass is 15.2. The van der Waals surface area contributed by atoms with Crippen molar-refractivity contribution in [2.24, 2.45) is 5.92 Å². The maximum absolute atomic E-state index is 4.69. The molecule has 1 N–H and O–H groups in total. The highest BCUT2D eigenvalue weighted by Crippen LogP contribution is 2.20. The number of aryl methyl sites for hydroxylation is 2. The van der Waals surface area contributed by atoms with E-state index in [0.29, 0.717) is 0 Å². The zero-order valence-corrected chi connectivity index (χ0v) is 14.2. The summed E-state index contributed by atoms with van der Waals surface area (Å²) >= 11 is 0. The molecule has 2 heterocycles. The van der Waals surface area contributed by atoms with Crippen molar-refractivity contribution in [1.82, 2.24) is 20.1 Å². The summed E-state index contributed by atoms with van der Waals surface area (Å²) in [6.07, 6.45) is 6.82. The molecule has 0 aliphatic carbocycles. The molecule has 4 heteroatoms. The van der Waals surface area contributed by atoms with E-state index in [9.17, 15) is 0 Å². The Balaban J connectivity index is 1.44. The van der Waals surface area contributed by atoms with Gasteiger partial charge in [-0.3, -0.25) is 5.10 Å². The van der Waals surface area contributed by atoms with Crippen LogP contribution in [0.15, 0.2) is 30.3 Å². The van der Waals surface area contributed by atoms with E-state index >= 15 is 0 Å². The third-order valence-corrected chi connectivity index (χ3v) is 4.79. The van der Waals surface area contributed by atoms with Crippen molar-refractivity contribution in [1.29, 1.82) is 0 Å². The summed E-state index contributed by atoms with van der Waals surface area (Å²) < 4.78 is 0. The second-order valence-electron chi connectivity index (χ2n) is 6.67. The fourth-order valence-corrected chi connectivity index (χ4v) is 3.44. The van der Waals surface area contributed by atoms with Gasteiger partial charge in [-0.15, -0.1) is 0 Å². The van der Waals surface area contributed by atoms with Crippen LogP contribution in [0.4, 0.5) is 0 Å². The van der Waals surface area contributed by atoms with Gasteiger partial charge in [0.15, 0.2) is 5.82 Å². The Labute approximate surface area is 139 Å². The predicted molar refractivity (Wildman–Crippen MR) is 93.4 cm³/mol. The molecule has 23 heavy (non-hydrogen) atoms. The Morgan fingerprint density at radius 3 is 2.65 bits per heavy atom. The predicted octanol–water partition coefficient (Wildman–Crippen LogP) is 3.25. The van der Waals surface area contributed by atoms with Gasteiger partial charge in [-0.25, -0.2) is 4.98 Å². The lowest BCUT2D eigenvalue weighted by molar-refractivity contribution is 0.183. The van der Waals surface area contributed by atoms with Crippen LogP contribution >= 0.6 is 0 Å². The van der Waals surface area contributed by atoms with Crippen LogP contribution in [0.2, 0.25) is 0 Å². The highest BCUT2D eigenvalue weighted by molar-refractivity contribution is 5.15. The number of H-pyrrole nitrogens is 1. The number of aromatic amines is 1. The number of nitrogens with one attached hydrogen (secondary N) is 1. The molecule has 0 atom stereocenters. The topological polar surface area (TPSA) is 44.8 Å². The van der Waals surface area contributed by atoms with Crippen LogP contribution in [0.25, 0.3) is 0 Å². The van der Waals surface area contributed by atoms with Gasteiger partial charge in [-0.2, -0.15) is 5.10 Å². The molecule has 1 aliphatic rings. The molecule has 4 nitrogen and oxygen atoms in total. The van der Waals surface area contributed by atoms with E-state index in [2.05, 4.69) is 52.4 Å². The molecule has 0 bridgehead atoms. The standard InChI is InChI=1S/C19H28N4/c1-2-12-23-13-10-17(11-14-23)15-19-20-18(21-22-19)9-8-16-6-4-3-5-7-16/h3-7,17H,2,8-15H2,1H3,(H,20,21,22).